The number of esters is 2. The molecule has 0 saturated carbocycles. The molecule has 156 valence electrons. The van der Waals surface area contributed by atoms with Gasteiger partial charge in [0.15, 0.2) is 0 Å². The molecule has 0 spiro atoms. The predicted molar refractivity (Wildman–Crippen MR) is 119 cm³/mol. The monoisotopic (exact) mass is 415 g/mol. The summed E-state index contributed by atoms with van der Waals surface area (Å²) in [4.78, 5) is 27.2. The second kappa shape index (κ2) is 10.5. The van der Waals surface area contributed by atoms with Gasteiger partial charge in [-0.15, -0.1) is 0 Å². The predicted octanol–water partition coefficient (Wildman–Crippen LogP) is 5.01. The third kappa shape index (κ3) is 6.14. The minimum absolute atomic E-state index is 0.111. The van der Waals surface area contributed by atoms with Crippen LogP contribution in [-0.4, -0.2) is 31.9 Å². The molecule has 31 heavy (non-hydrogen) atoms. The summed E-state index contributed by atoms with van der Waals surface area (Å²) < 4.78 is 15.7. The first-order valence-corrected chi connectivity index (χ1v) is 9.50. The van der Waals surface area contributed by atoms with Crippen LogP contribution in [0.3, 0.4) is 0 Å². The van der Waals surface area contributed by atoms with Gasteiger partial charge in [-0.1, -0.05) is 30.8 Å². The van der Waals surface area contributed by atoms with Crippen molar-refractivity contribution in [2.24, 2.45) is 4.99 Å². The number of carbonyl (C=O) groups excluding carboxylic acids is 2. The van der Waals surface area contributed by atoms with Crippen LogP contribution in [0.1, 0.15) is 10.4 Å². The molecule has 0 aliphatic carbocycles. The molecular formula is C25H21NO5. The highest BCUT2D eigenvalue weighted by atomic mass is 16.6. The summed E-state index contributed by atoms with van der Waals surface area (Å²) in [5, 5.41) is 0. The molecule has 0 heterocycles. The molecule has 3 aromatic rings. The van der Waals surface area contributed by atoms with Gasteiger partial charge in [0.05, 0.1) is 11.3 Å². The van der Waals surface area contributed by atoms with Crippen LogP contribution in [-0.2, 0) is 9.53 Å². The standard InChI is InChI=1S/C25H21NO5/c1-3-24(27)30-17-16-29-22-12-8-20(9-13-22)25(28)31-23-14-6-19(7-15-23)18-4-10-21(26-2)11-5-18/h3-15H,1-2,16-17H2. The number of aliphatic imine (C=N–C) groups is 1. The summed E-state index contributed by atoms with van der Waals surface area (Å²) in [6, 6.07) is 21.5. The van der Waals surface area contributed by atoms with Crippen molar-refractivity contribution in [1.29, 1.82) is 0 Å². The number of rotatable bonds is 9. The van der Waals surface area contributed by atoms with Gasteiger partial charge in [-0.25, -0.2) is 9.59 Å². The van der Waals surface area contributed by atoms with Gasteiger partial charge in [-0.3, -0.25) is 4.99 Å². The van der Waals surface area contributed by atoms with Crippen LogP contribution in [0.25, 0.3) is 11.1 Å². The Bertz CT molecular complexity index is 1050. The fraction of sp³-hybridized carbons (Fsp3) is 0.0800. The van der Waals surface area contributed by atoms with E-state index in [1.54, 1.807) is 36.4 Å². The molecule has 0 unspecified atom stereocenters. The summed E-state index contributed by atoms with van der Waals surface area (Å²) in [5.74, 6) is 0.0222. The molecule has 0 atom stereocenters. The summed E-state index contributed by atoms with van der Waals surface area (Å²) in [5.41, 5.74) is 3.22. The number of nitrogens with zero attached hydrogens (tertiary/aromatic N) is 1. The van der Waals surface area contributed by atoms with E-state index in [-0.39, 0.29) is 13.2 Å². The maximum Gasteiger partial charge on any atom is 0.343 e. The Morgan fingerprint density at radius 3 is 1.97 bits per heavy atom. The van der Waals surface area contributed by atoms with E-state index in [1.165, 1.54) is 0 Å². The summed E-state index contributed by atoms with van der Waals surface area (Å²) >= 11 is 0. The fourth-order valence-corrected chi connectivity index (χ4v) is 2.69. The Morgan fingerprint density at radius 2 is 1.39 bits per heavy atom. The van der Waals surface area contributed by atoms with Crippen LogP contribution >= 0.6 is 0 Å². The maximum atomic E-state index is 12.4. The van der Waals surface area contributed by atoms with Gasteiger partial charge in [-0.05, 0) is 66.4 Å². The van der Waals surface area contributed by atoms with Gasteiger partial charge in [0.25, 0.3) is 0 Å². The SMILES string of the molecule is C=CC(=O)OCCOc1ccc(C(=O)Oc2ccc(-c3ccc(N=C)cc3)cc2)cc1. The molecule has 0 aliphatic heterocycles. The highest BCUT2D eigenvalue weighted by Crippen LogP contribution is 2.25. The molecule has 6 nitrogen and oxygen atoms in total. The number of hydrogen-bond acceptors (Lipinski definition) is 6. The molecule has 0 bridgehead atoms. The van der Waals surface area contributed by atoms with E-state index in [4.69, 9.17) is 14.2 Å². The molecule has 0 saturated heterocycles. The highest BCUT2D eigenvalue weighted by Gasteiger charge is 2.09. The molecule has 0 radical (unpaired) electrons. The molecule has 0 fully saturated rings. The zero-order valence-electron chi connectivity index (χ0n) is 16.8. The van der Waals surface area contributed by atoms with Gasteiger partial charge in [0.2, 0.25) is 0 Å². The lowest BCUT2D eigenvalue weighted by Gasteiger charge is -2.08. The fourth-order valence-electron chi connectivity index (χ4n) is 2.69. The average Bonchev–Trinajstić information content (AvgIpc) is 2.82. The van der Waals surface area contributed by atoms with E-state index < -0.39 is 11.9 Å². The van der Waals surface area contributed by atoms with Gasteiger partial charge >= 0.3 is 11.9 Å². The minimum atomic E-state index is -0.502. The van der Waals surface area contributed by atoms with E-state index in [2.05, 4.69) is 18.3 Å². The molecule has 0 amide bonds. The second-order valence-corrected chi connectivity index (χ2v) is 6.36. The van der Waals surface area contributed by atoms with Crippen molar-refractivity contribution < 1.29 is 23.8 Å². The average molecular weight is 415 g/mol. The summed E-state index contributed by atoms with van der Waals surface area (Å²) in [6.45, 7) is 7.12. The summed E-state index contributed by atoms with van der Waals surface area (Å²) in [7, 11) is 0. The van der Waals surface area contributed by atoms with E-state index in [0.717, 1.165) is 22.9 Å². The molecule has 0 aliphatic rings. The van der Waals surface area contributed by atoms with Crippen LogP contribution in [0, 0.1) is 0 Å². The van der Waals surface area contributed by atoms with Crippen molar-refractivity contribution >= 4 is 24.3 Å². The van der Waals surface area contributed by atoms with Crippen LogP contribution in [0.15, 0.2) is 90.4 Å². The normalized spacial score (nSPS) is 10.1. The number of benzene rings is 3. The van der Waals surface area contributed by atoms with Crippen molar-refractivity contribution in [3.05, 3.63) is 91.0 Å². The van der Waals surface area contributed by atoms with Crippen molar-refractivity contribution in [1.82, 2.24) is 0 Å². The molecule has 3 rings (SSSR count). The first-order chi connectivity index (χ1) is 15.1. The third-order valence-electron chi connectivity index (χ3n) is 4.30. The van der Waals surface area contributed by atoms with E-state index in [0.29, 0.717) is 17.1 Å². The molecule has 6 heteroatoms. The van der Waals surface area contributed by atoms with Crippen molar-refractivity contribution in [3.63, 3.8) is 0 Å². The zero-order valence-corrected chi connectivity index (χ0v) is 16.8. The quantitative estimate of drug-likeness (QED) is 0.161. The number of carbonyl (C=O) groups is 2. The van der Waals surface area contributed by atoms with Gasteiger partial charge in [-0.2, -0.15) is 0 Å². The Kier molecular flexibility index (Phi) is 7.32. The Hall–Kier alpha value is -4.19. The van der Waals surface area contributed by atoms with Crippen molar-refractivity contribution in [2.45, 2.75) is 0 Å². The first-order valence-electron chi connectivity index (χ1n) is 9.50. The van der Waals surface area contributed by atoms with Crippen molar-refractivity contribution in [3.8, 4) is 22.6 Å². The Balaban J connectivity index is 1.54. The molecular weight excluding hydrogens is 394 g/mol. The van der Waals surface area contributed by atoms with E-state index in [9.17, 15) is 9.59 Å². The van der Waals surface area contributed by atoms with Gasteiger partial charge < -0.3 is 14.2 Å². The van der Waals surface area contributed by atoms with Gasteiger partial charge in [0, 0.05) is 6.08 Å². The maximum absolute atomic E-state index is 12.4. The Morgan fingerprint density at radius 1 is 0.806 bits per heavy atom. The first kappa shape index (κ1) is 21.5. The van der Waals surface area contributed by atoms with E-state index >= 15 is 0 Å². The highest BCUT2D eigenvalue weighted by molar-refractivity contribution is 5.91. The lowest BCUT2D eigenvalue weighted by molar-refractivity contribution is -0.138. The largest absolute Gasteiger partial charge is 0.490 e. The molecule has 0 aromatic heterocycles. The zero-order chi connectivity index (χ0) is 22.1. The lowest BCUT2D eigenvalue weighted by atomic mass is 10.1. The van der Waals surface area contributed by atoms with E-state index in [1.807, 2.05) is 36.4 Å². The molecule has 3 aromatic carbocycles. The smallest absolute Gasteiger partial charge is 0.343 e. The van der Waals surface area contributed by atoms with Gasteiger partial charge in [0.1, 0.15) is 24.7 Å². The van der Waals surface area contributed by atoms with Crippen LogP contribution in [0.5, 0.6) is 11.5 Å². The summed E-state index contributed by atoms with van der Waals surface area (Å²) in [6.07, 6.45) is 1.09. The third-order valence-corrected chi connectivity index (χ3v) is 4.30. The number of hydrogen-bond donors (Lipinski definition) is 0. The lowest BCUT2D eigenvalue weighted by Crippen LogP contribution is -2.11. The molecule has 0 N–H and O–H groups in total. The topological polar surface area (TPSA) is 74.2 Å². The second-order valence-electron chi connectivity index (χ2n) is 6.36. The van der Waals surface area contributed by atoms with Crippen molar-refractivity contribution in [2.75, 3.05) is 13.2 Å². The van der Waals surface area contributed by atoms with Crippen LogP contribution < -0.4 is 9.47 Å². The van der Waals surface area contributed by atoms with Crippen LogP contribution in [0.2, 0.25) is 0 Å². The van der Waals surface area contributed by atoms with Crippen LogP contribution in [0.4, 0.5) is 5.69 Å². The Labute approximate surface area is 180 Å². The minimum Gasteiger partial charge on any atom is -0.490 e. The number of ether oxygens (including phenoxy) is 3.